The first-order valence-electron chi connectivity index (χ1n) is 13.1. The summed E-state index contributed by atoms with van der Waals surface area (Å²) in [4.78, 5) is 0. The summed E-state index contributed by atoms with van der Waals surface area (Å²) in [6, 6.07) is 32.9. The van der Waals surface area contributed by atoms with E-state index in [9.17, 15) is 0 Å². The molecule has 170 valence electrons. The van der Waals surface area contributed by atoms with Gasteiger partial charge in [0.05, 0.1) is 9.49 Å². The minimum atomic E-state index is 0.0230. The molecule has 4 aromatic carbocycles. The molecule has 34 heavy (non-hydrogen) atoms. The molecule has 1 aliphatic heterocycles. The van der Waals surface area contributed by atoms with Crippen molar-refractivity contribution < 1.29 is 0 Å². The molecule has 3 aliphatic rings. The number of hydrogen-bond donors (Lipinski definition) is 0. The Morgan fingerprint density at radius 2 is 1.32 bits per heavy atom. The van der Waals surface area contributed by atoms with Gasteiger partial charge in [-0.25, -0.2) is 0 Å². The van der Waals surface area contributed by atoms with Crippen molar-refractivity contribution in [1.82, 2.24) is 0 Å². The van der Waals surface area contributed by atoms with E-state index in [2.05, 4.69) is 111 Å². The van der Waals surface area contributed by atoms with Crippen LogP contribution in [0.4, 0.5) is 0 Å². The molecule has 4 aromatic rings. The first kappa shape index (κ1) is 20.8. The number of benzene rings is 4. The van der Waals surface area contributed by atoms with Gasteiger partial charge in [0.2, 0.25) is 0 Å². The Labute approximate surface area is 207 Å². The summed E-state index contributed by atoms with van der Waals surface area (Å²) in [6.45, 7) is 4.78. The molecule has 0 N–H and O–H groups in total. The van der Waals surface area contributed by atoms with Gasteiger partial charge >= 0.3 is 0 Å². The molecule has 1 saturated heterocycles. The molecule has 2 aliphatic carbocycles. The zero-order valence-electron chi connectivity index (χ0n) is 20.2. The lowest BCUT2D eigenvalue weighted by molar-refractivity contribution is 0.501. The minimum absolute atomic E-state index is 0.0230. The summed E-state index contributed by atoms with van der Waals surface area (Å²) < 4.78 is 0.160. The average Bonchev–Trinajstić information content (AvgIpc) is 3.58. The topological polar surface area (TPSA) is 0 Å². The maximum Gasteiger partial charge on any atom is 0.0860 e. The molecule has 2 spiro atoms. The summed E-state index contributed by atoms with van der Waals surface area (Å²) in [7, 11) is 0. The smallest absolute Gasteiger partial charge is 0.0860 e. The molecule has 0 amide bonds. The second-order valence-corrected chi connectivity index (χ2v) is 12.0. The monoisotopic (exact) mass is 460 g/mol. The molecule has 0 bridgehead atoms. The summed E-state index contributed by atoms with van der Waals surface area (Å²) in [5, 5.41) is 2.85. The minimum Gasteiger partial charge on any atom is -0.130 e. The third kappa shape index (κ3) is 2.52. The van der Waals surface area contributed by atoms with Gasteiger partial charge in [0.1, 0.15) is 0 Å². The average molecular weight is 461 g/mol. The van der Waals surface area contributed by atoms with Crippen LogP contribution in [0.2, 0.25) is 0 Å². The van der Waals surface area contributed by atoms with Crippen molar-refractivity contribution in [2.24, 2.45) is 0 Å². The molecule has 0 saturated carbocycles. The van der Waals surface area contributed by atoms with Crippen molar-refractivity contribution in [3.05, 3.63) is 118 Å². The highest BCUT2D eigenvalue weighted by atomic mass is 32.2. The van der Waals surface area contributed by atoms with E-state index in [0.29, 0.717) is 11.8 Å². The van der Waals surface area contributed by atoms with Crippen LogP contribution < -0.4 is 0 Å². The van der Waals surface area contributed by atoms with E-state index in [1.807, 2.05) is 0 Å². The molecule has 1 fully saturated rings. The first-order valence-corrected chi connectivity index (χ1v) is 14.0. The van der Waals surface area contributed by atoms with Gasteiger partial charge in [0.25, 0.3) is 0 Å². The number of rotatable bonds is 2. The van der Waals surface area contributed by atoms with Crippen LogP contribution in [0.3, 0.4) is 0 Å². The highest BCUT2D eigenvalue weighted by Gasteiger charge is 2.73. The predicted molar refractivity (Wildman–Crippen MR) is 146 cm³/mol. The molecule has 7 rings (SSSR count). The number of fused-ring (bicyclic) bond motifs is 9. The van der Waals surface area contributed by atoms with Gasteiger partial charge in [-0.05, 0) is 88.1 Å². The van der Waals surface area contributed by atoms with E-state index in [1.165, 1.54) is 42.9 Å². The molecule has 0 radical (unpaired) electrons. The third-order valence-corrected chi connectivity index (χ3v) is 11.1. The van der Waals surface area contributed by atoms with Gasteiger partial charge in [-0.3, -0.25) is 0 Å². The van der Waals surface area contributed by atoms with Gasteiger partial charge < -0.3 is 0 Å². The van der Waals surface area contributed by atoms with Gasteiger partial charge in [0, 0.05) is 0 Å². The van der Waals surface area contributed by atoms with Gasteiger partial charge in [0.15, 0.2) is 0 Å². The number of thioether (sulfide) groups is 1. The Morgan fingerprint density at radius 1 is 0.706 bits per heavy atom. The van der Waals surface area contributed by atoms with Crippen LogP contribution in [0.25, 0.3) is 10.8 Å². The second kappa shape index (κ2) is 7.49. The standard InChI is InChI=1S/C33H32S/c1-3-23-24(4-2)27-15-8-10-18-31(27)33(30-17-9-7-14-26(23)30)32(34-33)21-11-16-28-25-13-6-5-12-22(25)19-20-29(28)32/h5-10,12-15,17-20,23-24H,3-4,11,16,21H2,1-2H3/t23-,24-,32+/m1/s1. The van der Waals surface area contributed by atoms with E-state index < -0.39 is 0 Å². The largest absolute Gasteiger partial charge is 0.130 e. The maximum absolute atomic E-state index is 2.49. The Balaban J connectivity index is 1.55. The molecular weight excluding hydrogens is 428 g/mol. The van der Waals surface area contributed by atoms with Crippen LogP contribution in [0.5, 0.6) is 0 Å². The Morgan fingerprint density at radius 3 is 2.00 bits per heavy atom. The zero-order chi connectivity index (χ0) is 22.9. The van der Waals surface area contributed by atoms with E-state index in [1.54, 1.807) is 33.4 Å². The van der Waals surface area contributed by atoms with Gasteiger partial charge in [-0.15, -0.1) is 11.8 Å². The molecule has 0 aromatic heterocycles. The van der Waals surface area contributed by atoms with Crippen molar-refractivity contribution in [2.75, 3.05) is 0 Å². The van der Waals surface area contributed by atoms with E-state index in [0.717, 1.165) is 0 Å². The van der Waals surface area contributed by atoms with Crippen LogP contribution in [0.1, 0.15) is 84.7 Å². The maximum atomic E-state index is 2.49. The number of hydrogen-bond acceptors (Lipinski definition) is 1. The van der Waals surface area contributed by atoms with E-state index in [4.69, 9.17) is 0 Å². The summed E-state index contributed by atoms with van der Waals surface area (Å²) in [6.07, 6.45) is 6.12. The highest BCUT2D eigenvalue weighted by molar-refractivity contribution is 8.08. The fourth-order valence-electron chi connectivity index (χ4n) is 7.75. The zero-order valence-corrected chi connectivity index (χ0v) is 21.0. The van der Waals surface area contributed by atoms with E-state index in [-0.39, 0.29) is 9.49 Å². The lowest BCUT2D eigenvalue weighted by Crippen LogP contribution is -2.29. The van der Waals surface area contributed by atoms with Crippen molar-refractivity contribution in [3.63, 3.8) is 0 Å². The molecular formula is C33H32S. The summed E-state index contributed by atoms with van der Waals surface area (Å²) in [5.41, 5.74) is 9.60. The fraction of sp³-hybridized carbons (Fsp3) is 0.333. The van der Waals surface area contributed by atoms with Crippen LogP contribution >= 0.6 is 11.8 Å². The van der Waals surface area contributed by atoms with Crippen LogP contribution in [-0.2, 0) is 15.9 Å². The lowest BCUT2D eigenvalue weighted by Gasteiger charge is -2.32. The van der Waals surface area contributed by atoms with Crippen molar-refractivity contribution in [3.8, 4) is 0 Å². The SMILES string of the molecule is CC[C@H]1c2ccccc2C2(S[C@]23CCCc2c3ccc3ccccc23)c2ccccc2[C@@H]1CC. The van der Waals surface area contributed by atoms with Crippen molar-refractivity contribution >= 4 is 22.5 Å². The Hall–Kier alpha value is -2.51. The van der Waals surface area contributed by atoms with Crippen LogP contribution in [-0.4, -0.2) is 0 Å². The first-order chi connectivity index (χ1) is 16.7. The Kier molecular flexibility index (Phi) is 4.59. The molecule has 0 unspecified atom stereocenters. The second-order valence-electron chi connectivity index (χ2n) is 10.5. The molecule has 3 atom stereocenters. The van der Waals surface area contributed by atoms with Crippen LogP contribution in [0.15, 0.2) is 84.9 Å². The third-order valence-electron chi connectivity index (χ3n) is 9.13. The van der Waals surface area contributed by atoms with E-state index >= 15 is 0 Å². The van der Waals surface area contributed by atoms with Gasteiger partial charge in [-0.2, -0.15) is 0 Å². The molecule has 1 heteroatoms. The summed E-state index contributed by atoms with van der Waals surface area (Å²) >= 11 is 2.26. The van der Waals surface area contributed by atoms with Crippen molar-refractivity contribution in [1.29, 1.82) is 0 Å². The van der Waals surface area contributed by atoms with Gasteiger partial charge in [-0.1, -0.05) is 98.8 Å². The highest BCUT2D eigenvalue weighted by Crippen LogP contribution is 2.83. The van der Waals surface area contributed by atoms with Crippen LogP contribution in [0, 0.1) is 0 Å². The fourth-order valence-corrected chi connectivity index (χ4v) is 9.80. The Bertz CT molecular complexity index is 1360. The predicted octanol–water partition coefficient (Wildman–Crippen LogP) is 9.06. The summed E-state index contributed by atoms with van der Waals surface area (Å²) in [5.74, 6) is 1.17. The quantitative estimate of drug-likeness (QED) is 0.269. The normalized spacial score (nSPS) is 26.1. The lowest BCUT2D eigenvalue weighted by atomic mass is 9.69. The molecule has 1 heterocycles. The molecule has 0 nitrogen and oxygen atoms in total. The number of aryl methyl sites for hydroxylation is 1. The van der Waals surface area contributed by atoms with Crippen molar-refractivity contribution in [2.45, 2.75) is 67.3 Å².